The molecule has 29 heavy (non-hydrogen) atoms. The van der Waals surface area contributed by atoms with Crippen LogP contribution in [0.1, 0.15) is 62.2 Å². The molecule has 0 spiro atoms. The third-order valence-corrected chi connectivity index (χ3v) is 7.81. The van der Waals surface area contributed by atoms with E-state index in [1.54, 1.807) is 6.92 Å². The highest BCUT2D eigenvalue weighted by Gasteiger charge is 2.22. The van der Waals surface area contributed by atoms with Gasteiger partial charge in [-0.25, -0.2) is 22.9 Å². The highest BCUT2D eigenvalue weighted by molar-refractivity contribution is 7.91. The van der Waals surface area contributed by atoms with Crippen LogP contribution in [-0.4, -0.2) is 39.6 Å². The molecule has 0 fully saturated rings. The summed E-state index contributed by atoms with van der Waals surface area (Å²) in [5, 5.41) is 8.30. The Hall–Kier alpha value is -2.00. The zero-order valence-electron chi connectivity index (χ0n) is 17.9. The molecule has 0 bridgehead atoms. The number of aryl methyl sites for hydroxylation is 3. The van der Waals surface area contributed by atoms with E-state index in [0.29, 0.717) is 11.0 Å². The van der Waals surface area contributed by atoms with Crippen LogP contribution in [0.3, 0.4) is 0 Å². The maximum atomic E-state index is 11.8. The molecule has 0 saturated carbocycles. The smallest absolute Gasteiger partial charge is 0.184 e. The molecular weight excluding hydrogens is 406 g/mol. The number of hydrogen-bond donors (Lipinski definition) is 1. The molecule has 0 aliphatic rings. The van der Waals surface area contributed by atoms with Crippen molar-refractivity contribution in [2.75, 3.05) is 16.9 Å². The van der Waals surface area contributed by atoms with E-state index in [1.165, 1.54) is 16.9 Å². The normalized spacial score (nSPS) is 12.2. The minimum Gasteiger partial charge on any atom is -0.348 e. The molecule has 0 aliphatic carbocycles. The van der Waals surface area contributed by atoms with Gasteiger partial charge in [0.25, 0.3) is 0 Å². The van der Waals surface area contributed by atoms with Crippen molar-refractivity contribution in [2.24, 2.45) is 0 Å². The van der Waals surface area contributed by atoms with Crippen molar-refractivity contribution < 1.29 is 8.42 Å². The number of fused-ring (bicyclic) bond motifs is 1. The largest absolute Gasteiger partial charge is 0.348 e. The number of rotatable bonds is 8. The van der Waals surface area contributed by atoms with Crippen molar-refractivity contribution in [3.05, 3.63) is 28.7 Å². The topological polar surface area (TPSA) is 89.2 Å². The number of aromatic nitrogens is 4. The van der Waals surface area contributed by atoms with Crippen LogP contribution in [0.5, 0.6) is 0 Å². The standard InChI is InChI=1S/C20H29N5O2S2/c1-7-15(8-2)16-10-12(4)24-25-17(13(5)22-19(16)25)18-14(6)23-20(28-18)21-11-29(26,27)9-3/h10,15H,7-9,11H2,1-6H3,(H,21,23). The van der Waals surface area contributed by atoms with Gasteiger partial charge in [0.1, 0.15) is 11.6 Å². The fourth-order valence-corrected chi connectivity index (χ4v) is 5.23. The van der Waals surface area contributed by atoms with Gasteiger partial charge in [-0.05, 0) is 45.6 Å². The average Bonchev–Trinajstić information content (AvgIpc) is 3.19. The van der Waals surface area contributed by atoms with Gasteiger partial charge in [-0.3, -0.25) is 0 Å². The van der Waals surface area contributed by atoms with Crippen molar-refractivity contribution in [2.45, 2.75) is 60.3 Å². The molecule has 0 aromatic carbocycles. The van der Waals surface area contributed by atoms with Gasteiger partial charge in [0.05, 0.1) is 22.0 Å². The average molecular weight is 436 g/mol. The molecule has 3 heterocycles. The Balaban J connectivity index is 2.10. The molecule has 3 rings (SSSR count). The number of anilines is 1. The number of nitrogens with zero attached hydrogens (tertiary/aromatic N) is 4. The summed E-state index contributed by atoms with van der Waals surface area (Å²) in [4.78, 5) is 10.4. The zero-order valence-corrected chi connectivity index (χ0v) is 19.5. The van der Waals surface area contributed by atoms with Crippen LogP contribution in [-0.2, 0) is 9.84 Å². The van der Waals surface area contributed by atoms with Gasteiger partial charge in [-0.2, -0.15) is 5.10 Å². The molecule has 0 radical (unpaired) electrons. The molecule has 7 nitrogen and oxygen atoms in total. The minimum atomic E-state index is -3.12. The molecular formula is C20H29N5O2S2. The van der Waals surface area contributed by atoms with Gasteiger partial charge in [-0.15, -0.1) is 0 Å². The van der Waals surface area contributed by atoms with Gasteiger partial charge in [-0.1, -0.05) is 32.1 Å². The summed E-state index contributed by atoms with van der Waals surface area (Å²) in [5.41, 5.74) is 5.74. The molecule has 0 unspecified atom stereocenters. The van der Waals surface area contributed by atoms with Crippen LogP contribution in [0.25, 0.3) is 16.2 Å². The van der Waals surface area contributed by atoms with Crippen LogP contribution in [0, 0.1) is 20.8 Å². The lowest BCUT2D eigenvalue weighted by Crippen LogP contribution is -2.15. The van der Waals surface area contributed by atoms with Crippen LogP contribution in [0.2, 0.25) is 0 Å². The van der Waals surface area contributed by atoms with Crippen LogP contribution in [0.15, 0.2) is 6.07 Å². The maximum absolute atomic E-state index is 11.8. The molecule has 158 valence electrons. The molecule has 0 amide bonds. The number of thiazole rings is 1. The Morgan fingerprint density at radius 2 is 1.79 bits per heavy atom. The summed E-state index contributed by atoms with van der Waals surface area (Å²) in [5.74, 6) is 0.428. The lowest BCUT2D eigenvalue weighted by molar-refractivity contribution is 0.599. The minimum absolute atomic E-state index is 0.103. The predicted molar refractivity (Wildman–Crippen MR) is 120 cm³/mol. The van der Waals surface area contributed by atoms with E-state index in [0.717, 1.165) is 46.1 Å². The van der Waals surface area contributed by atoms with Gasteiger partial charge >= 0.3 is 0 Å². The number of nitrogens with one attached hydrogen (secondary N) is 1. The van der Waals surface area contributed by atoms with Crippen LogP contribution < -0.4 is 5.32 Å². The third-order valence-electron chi connectivity index (χ3n) is 5.23. The van der Waals surface area contributed by atoms with Gasteiger partial charge in [0.15, 0.2) is 20.6 Å². The third kappa shape index (κ3) is 4.30. The molecule has 0 saturated heterocycles. The highest BCUT2D eigenvalue weighted by atomic mass is 32.2. The Bertz CT molecular complexity index is 1130. The Kier molecular flexibility index (Phi) is 6.28. The second-order valence-corrected chi connectivity index (χ2v) is 10.7. The summed E-state index contributed by atoms with van der Waals surface area (Å²) >= 11 is 1.44. The fraction of sp³-hybridized carbons (Fsp3) is 0.550. The van der Waals surface area contributed by atoms with E-state index in [-0.39, 0.29) is 11.6 Å². The first-order valence-corrected chi connectivity index (χ1v) is 12.6. The first kappa shape index (κ1) is 21.7. The molecule has 0 atom stereocenters. The summed E-state index contributed by atoms with van der Waals surface area (Å²) in [6.45, 7) is 12.0. The predicted octanol–water partition coefficient (Wildman–Crippen LogP) is 4.49. The molecule has 9 heteroatoms. The lowest BCUT2D eigenvalue weighted by atomic mass is 9.95. The number of imidazole rings is 1. The summed E-state index contributed by atoms with van der Waals surface area (Å²) in [6, 6.07) is 2.14. The van der Waals surface area contributed by atoms with E-state index < -0.39 is 9.84 Å². The van der Waals surface area contributed by atoms with Crippen LogP contribution in [0.4, 0.5) is 5.13 Å². The molecule has 3 aromatic heterocycles. The van der Waals surface area contributed by atoms with Crippen molar-refractivity contribution in [3.8, 4) is 10.6 Å². The first-order valence-electron chi connectivity index (χ1n) is 9.99. The van der Waals surface area contributed by atoms with E-state index in [4.69, 9.17) is 10.1 Å². The van der Waals surface area contributed by atoms with Crippen molar-refractivity contribution >= 4 is 32.0 Å². The highest BCUT2D eigenvalue weighted by Crippen LogP contribution is 2.37. The SMILES string of the molecule is CCC(CC)c1cc(C)nn2c(-c3sc(NCS(=O)(=O)CC)nc3C)c(C)nc12. The van der Waals surface area contributed by atoms with E-state index >= 15 is 0 Å². The van der Waals surface area contributed by atoms with E-state index in [1.807, 2.05) is 25.3 Å². The van der Waals surface area contributed by atoms with Crippen LogP contribution >= 0.6 is 11.3 Å². The summed E-state index contributed by atoms with van der Waals surface area (Å²) < 4.78 is 25.6. The zero-order chi connectivity index (χ0) is 21.3. The van der Waals surface area contributed by atoms with Crippen molar-refractivity contribution in [3.63, 3.8) is 0 Å². The van der Waals surface area contributed by atoms with Gasteiger partial charge < -0.3 is 5.32 Å². The Morgan fingerprint density at radius 3 is 2.41 bits per heavy atom. The maximum Gasteiger partial charge on any atom is 0.184 e. The Labute approximate surface area is 176 Å². The monoisotopic (exact) mass is 435 g/mol. The first-order chi connectivity index (χ1) is 13.7. The molecule has 1 N–H and O–H groups in total. The summed E-state index contributed by atoms with van der Waals surface area (Å²) in [6.07, 6.45) is 2.10. The lowest BCUT2D eigenvalue weighted by Gasteiger charge is -2.14. The van der Waals surface area contributed by atoms with E-state index in [9.17, 15) is 8.42 Å². The van der Waals surface area contributed by atoms with Crippen molar-refractivity contribution in [1.29, 1.82) is 0 Å². The second kappa shape index (κ2) is 8.39. The van der Waals surface area contributed by atoms with E-state index in [2.05, 4.69) is 30.2 Å². The molecule has 3 aromatic rings. The Morgan fingerprint density at radius 1 is 1.10 bits per heavy atom. The quantitative estimate of drug-likeness (QED) is 0.561. The number of hydrogen-bond acceptors (Lipinski definition) is 7. The second-order valence-electron chi connectivity index (χ2n) is 7.32. The summed E-state index contributed by atoms with van der Waals surface area (Å²) in [7, 11) is -3.12. The van der Waals surface area contributed by atoms with Gasteiger partial charge in [0, 0.05) is 11.3 Å². The van der Waals surface area contributed by atoms with Gasteiger partial charge in [0.2, 0.25) is 0 Å². The van der Waals surface area contributed by atoms with Crippen molar-refractivity contribution in [1.82, 2.24) is 19.6 Å². The fourth-order valence-electron chi connectivity index (χ4n) is 3.53. The molecule has 0 aliphatic heterocycles. The number of sulfone groups is 1.